The first-order valence-electron chi connectivity index (χ1n) is 6.16. The van der Waals surface area contributed by atoms with Gasteiger partial charge in [0.25, 0.3) is 5.56 Å². The third-order valence-electron chi connectivity index (χ3n) is 2.63. The highest BCUT2D eigenvalue weighted by atomic mass is 79.9. The van der Waals surface area contributed by atoms with Crippen molar-refractivity contribution in [2.75, 3.05) is 7.11 Å². The lowest BCUT2D eigenvalue weighted by atomic mass is 10.1. The summed E-state index contributed by atoms with van der Waals surface area (Å²) in [4.78, 5) is 27.2. The van der Waals surface area contributed by atoms with Crippen molar-refractivity contribution in [2.24, 2.45) is 5.92 Å². The van der Waals surface area contributed by atoms with Crippen LogP contribution in [-0.4, -0.2) is 27.0 Å². The van der Waals surface area contributed by atoms with Crippen molar-refractivity contribution in [3.05, 3.63) is 32.9 Å². The van der Waals surface area contributed by atoms with E-state index in [9.17, 15) is 4.79 Å². The van der Waals surface area contributed by atoms with Crippen molar-refractivity contribution in [2.45, 2.75) is 20.3 Å². The molecule has 0 saturated heterocycles. The van der Waals surface area contributed by atoms with Gasteiger partial charge in [-0.2, -0.15) is 0 Å². The summed E-state index contributed by atoms with van der Waals surface area (Å²) in [7, 11) is 1.52. The maximum atomic E-state index is 12.0. The van der Waals surface area contributed by atoms with E-state index in [1.165, 1.54) is 13.4 Å². The fraction of sp³-hybridized carbons (Fsp3) is 0.385. The highest BCUT2D eigenvalue weighted by Crippen LogP contribution is 2.19. The van der Waals surface area contributed by atoms with Gasteiger partial charge in [-0.25, -0.2) is 15.0 Å². The SMILES string of the molecule is COc1cc(-c2nc(CC(C)C)c(Br)c(=O)[nH]2)ncn1. The fourth-order valence-electron chi connectivity index (χ4n) is 1.73. The molecule has 20 heavy (non-hydrogen) atoms. The number of methoxy groups -OCH3 is 1. The number of aromatic amines is 1. The zero-order valence-electron chi connectivity index (χ0n) is 11.5. The summed E-state index contributed by atoms with van der Waals surface area (Å²) >= 11 is 3.28. The first-order chi connectivity index (χ1) is 9.51. The Morgan fingerprint density at radius 2 is 2.15 bits per heavy atom. The second-order valence-electron chi connectivity index (χ2n) is 4.72. The summed E-state index contributed by atoms with van der Waals surface area (Å²) in [5.74, 6) is 1.23. The summed E-state index contributed by atoms with van der Waals surface area (Å²) in [6, 6.07) is 1.63. The molecular formula is C13H15BrN4O2. The van der Waals surface area contributed by atoms with Crippen LogP contribution in [0.15, 0.2) is 21.7 Å². The lowest BCUT2D eigenvalue weighted by Gasteiger charge is -2.08. The number of aromatic nitrogens is 4. The summed E-state index contributed by atoms with van der Waals surface area (Å²) in [6.07, 6.45) is 2.08. The summed E-state index contributed by atoms with van der Waals surface area (Å²) in [6.45, 7) is 4.14. The van der Waals surface area contributed by atoms with Gasteiger partial charge in [0.05, 0.1) is 12.8 Å². The van der Waals surface area contributed by atoms with Crippen molar-refractivity contribution >= 4 is 15.9 Å². The molecule has 2 heterocycles. The largest absolute Gasteiger partial charge is 0.481 e. The van der Waals surface area contributed by atoms with Gasteiger partial charge in [-0.15, -0.1) is 0 Å². The molecule has 0 radical (unpaired) electrons. The number of ether oxygens (including phenoxy) is 1. The van der Waals surface area contributed by atoms with Crippen molar-refractivity contribution in [3.8, 4) is 17.4 Å². The Labute approximate surface area is 124 Å². The third-order valence-corrected chi connectivity index (χ3v) is 3.44. The molecule has 106 valence electrons. The highest BCUT2D eigenvalue weighted by molar-refractivity contribution is 9.10. The van der Waals surface area contributed by atoms with Crippen LogP contribution in [0, 0.1) is 5.92 Å². The number of nitrogens with zero attached hydrogens (tertiary/aromatic N) is 3. The first-order valence-corrected chi connectivity index (χ1v) is 6.95. The minimum absolute atomic E-state index is 0.219. The topological polar surface area (TPSA) is 80.8 Å². The number of nitrogens with one attached hydrogen (secondary N) is 1. The first kappa shape index (κ1) is 14.6. The van der Waals surface area contributed by atoms with E-state index in [4.69, 9.17) is 4.74 Å². The van der Waals surface area contributed by atoms with Gasteiger partial charge in [0.2, 0.25) is 5.88 Å². The molecule has 0 atom stereocenters. The molecule has 2 aromatic rings. The average molecular weight is 339 g/mol. The second-order valence-corrected chi connectivity index (χ2v) is 5.51. The van der Waals surface area contributed by atoms with Gasteiger partial charge in [-0.05, 0) is 28.3 Å². The summed E-state index contributed by atoms with van der Waals surface area (Å²) in [5, 5.41) is 0. The fourth-order valence-corrected chi connectivity index (χ4v) is 2.08. The van der Waals surface area contributed by atoms with E-state index in [1.54, 1.807) is 6.07 Å². The molecule has 1 N–H and O–H groups in total. The molecule has 0 aliphatic heterocycles. The predicted octanol–water partition coefficient (Wildman–Crippen LogP) is 2.20. The molecule has 0 bridgehead atoms. The number of hydrogen-bond acceptors (Lipinski definition) is 5. The van der Waals surface area contributed by atoms with Crippen LogP contribution >= 0.6 is 15.9 Å². The van der Waals surface area contributed by atoms with E-state index in [0.717, 1.165) is 5.69 Å². The molecule has 0 unspecified atom stereocenters. The van der Waals surface area contributed by atoms with Crippen LogP contribution in [0.5, 0.6) is 5.88 Å². The number of hydrogen-bond donors (Lipinski definition) is 1. The van der Waals surface area contributed by atoms with Gasteiger partial charge in [0, 0.05) is 6.07 Å². The molecule has 0 aliphatic carbocycles. The lowest BCUT2D eigenvalue weighted by molar-refractivity contribution is 0.397. The number of rotatable bonds is 4. The molecule has 2 aromatic heterocycles. The van der Waals surface area contributed by atoms with Gasteiger partial charge in [-0.3, -0.25) is 4.79 Å². The molecule has 0 saturated carbocycles. The average Bonchev–Trinajstić information content (AvgIpc) is 2.43. The molecule has 0 spiro atoms. The Morgan fingerprint density at radius 1 is 1.40 bits per heavy atom. The van der Waals surface area contributed by atoms with Crippen LogP contribution in [0.1, 0.15) is 19.5 Å². The quantitative estimate of drug-likeness (QED) is 0.924. The smallest absolute Gasteiger partial charge is 0.265 e. The normalized spacial score (nSPS) is 10.8. The lowest BCUT2D eigenvalue weighted by Crippen LogP contribution is -2.15. The van der Waals surface area contributed by atoms with Gasteiger partial charge in [-0.1, -0.05) is 13.8 Å². The Morgan fingerprint density at radius 3 is 2.80 bits per heavy atom. The molecule has 6 nitrogen and oxygen atoms in total. The monoisotopic (exact) mass is 338 g/mol. The van der Waals surface area contributed by atoms with Crippen molar-refractivity contribution in [1.82, 2.24) is 19.9 Å². The Bertz CT molecular complexity index is 670. The Hall–Kier alpha value is -1.76. The summed E-state index contributed by atoms with van der Waals surface area (Å²) in [5.41, 5.74) is 1.02. The molecule has 0 amide bonds. The van der Waals surface area contributed by atoms with Crippen LogP contribution in [-0.2, 0) is 6.42 Å². The van der Waals surface area contributed by atoms with E-state index in [0.29, 0.717) is 34.2 Å². The van der Waals surface area contributed by atoms with Gasteiger partial charge >= 0.3 is 0 Å². The van der Waals surface area contributed by atoms with Gasteiger partial charge in [0.15, 0.2) is 5.82 Å². The zero-order valence-corrected chi connectivity index (χ0v) is 13.1. The van der Waals surface area contributed by atoms with Crippen LogP contribution in [0.4, 0.5) is 0 Å². The second kappa shape index (κ2) is 6.13. The third kappa shape index (κ3) is 3.22. The molecule has 7 heteroatoms. The van der Waals surface area contributed by atoms with Crippen LogP contribution in [0.25, 0.3) is 11.5 Å². The molecular weight excluding hydrogens is 324 g/mol. The maximum Gasteiger partial charge on any atom is 0.265 e. The summed E-state index contributed by atoms with van der Waals surface area (Å²) < 4.78 is 5.51. The van der Waals surface area contributed by atoms with E-state index in [1.807, 2.05) is 0 Å². The van der Waals surface area contributed by atoms with Crippen LogP contribution in [0.3, 0.4) is 0 Å². The zero-order chi connectivity index (χ0) is 14.7. The van der Waals surface area contributed by atoms with E-state index in [-0.39, 0.29) is 5.56 Å². The minimum Gasteiger partial charge on any atom is -0.481 e. The molecule has 0 aromatic carbocycles. The van der Waals surface area contributed by atoms with Crippen LogP contribution < -0.4 is 10.3 Å². The van der Waals surface area contributed by atoms with Crippen molar-refractivity contribution in [1.29, 1.82) is 0 Å². The predicted molar refractivity (Wildman–Crippen MR) is 78.7 cm³/mol. The van der Waals surface area contributed by atoms with Crippen LogP contribution in [0.2, 0.25) is 0 Å². The maximum absolute atomic E-state index is 12.0. The number of halogens is 1. The molecule has 0 aliphatic rings. The Balaban J connectivity index is 2.51. The standard InChI is InChI=1S/C13H15BrN4O2/c1-7(2)4-8-11(14)13(19)18-12(17-8)9-5-10(20-3)16-6-15-9/h5-7H,4H2,1-3H3,(H,17,18,19). The molecule has 2 rings (SSSR count). The van der Waals surface area contributed by atoms with E-state index >= 15 is 0 Å². The highest BCUT2D eigenvalue weighted by Gasteiger charge is 2.13. The van der Waals surface area contributed by atoms with Gasteiger partial charge in [0.1, 0.15) is 16.5 Å². The van der Waals surface area contributed by atoms with E-state index < -0.39 is 0 Å². The number of H-pyrrole nitrogens is 1. The van der Waals surface area contributed by atoms with Crippen molar-refractivity contribution in [3.63, 3.8) is 0 Å². The van der Waals surface area contributed by atoms with E-state index in [2.05, 4.69) is 49.7 Å². The molecule has 0 fully saturated rings. The van der Waals surface area contributed by atoms with Crippen molar-refractivity contribution < 1.29 is 4.74 Å². The van der Waals surface area contributed by atoms with Gasteiger partial charge < -0.3 is 9.72 Å². The minimum atomic E-state index is -0.219. The Kier molecular flexibility index (Phi) is 4.49.